The molecule has 0 atom stereocenters. The van der Waals surface area contributed by atoms with Crippen LogP contribution >= 0.6 is 11.6 Å². The number of hydrogen-bond donors (Lipinski definition) is 2. The molecular weight excluding hydrogens is 380 g/mol. The second kappa shape index (κ2) is 9.36. The van der Waals surface area contributed by atoms with Crippen LogP contribution in [0.15, 0.2) is 30.6 Å². The number of nitrogens with zero attached hydrogens (tertiary/aromatic N) is 4. The van der Waals surface area contributed by atoms with Crippen LogP contribution in [0.3, 0.4) is 0 Å². The number of ether oxygens (including phenoxy) is 1. The average Bonchev–Trinajstić information content (AvgIpc) is 3.06. The van der Waals surface area contributed by atoms with E-state index in [9.17, 15) is 4.79 Å². The van der Waals surface area contributed by atoms with Crippen LogP contribution in [0.2, 0.25) is 5.28 Å². The average molecular weight is 403 g/mol. The SMILES string of the molecule is Cc1ccc(CCNC(=O)OCCCCn2cnc3c(N)nc(Cl)nc32)cc1. The maximum atomic E-state index is 11.7. The highest BCUT2D eigenvalue weighted by Crippen LogP contribution is 2.18. The third-order valence-corrected chi connectivity index (χ3v) is 4.46. The predicted octanol–water partition coefficient (Wildman–Crippen LogP) is 3.12. The van der Waals surface area contributed by atoms with Gasteiger partial charge in [-0.2, -0.15) is 9.97 Å². The molecule has 3 aromatic rings. The molecule has 2 heterocycles. The van der Waals surface area contributed by atoms with Crippen molar-refractivity contribution in [2.24, 2.45) is 0 Å². The number of amides is 1. The number of benzene rings is 1. The van der Waals surface area contributed by atoms with Crippen molar-refractivity contribution in [1.29, 1.82) is 0 Å². The molecule has 1 amide bonds. The molecule has 0 aliphatic carbocycles. The van der Waals surface area contributed by atoms with E-state index < -0.39 is 6.09 Å². The van der Waals surface area contributed by atoms with Crippen molar-refractivity contribution in [3.05, 3.63) is 47.0 Å². The Balaban J connectivity index is 1.33. The van der Waals surface area contributed by atoms with Gasteiger partial charge in [0.1, 0.15) is 5.52 Å². The molecule has 3 N–H and O–H groups in total. The van der Waals surface area contributed by atoms with Gasteiger partial charge in [-0.1, -0.05) is 29.8 Å². The number of imidazole rings is 1. The first kappa shape index (κ1) is 19.9. The highest BCUT2D eigenvalue weighted by atomic mass is 35.5. The Morgan fingerprint density at radius 2 is 2.04 bits per heavy atom. The summed E-state index contributed by atoms with van der Waals surface area (Å²) in [5.74, 6) is 0.263. The largest absolute Gasteiger partial charge is 0.450 e. The Morgan fingerprint density at radius 3 is 2.82 bits per heavy atom. The Labute approximate surface area is 168 Å². The number of carbonyl (C=O) groups is 1. The van der Waals surface area contributed by atoms with Gasteiger partial charge < -0.3 is 20.4 Å². The lowest BCUT2D eigenvalue weighted by atomic mass is 10.1. The van der Waals surface area contributed by atoms with Crippen LogP contribution in [0.1, 0.15) is 24.0 Å². The Hall–Kier alpha value is -2.87. The molecule has 8 nitrogen and oxygen atoms in total. The maximum Gasteiger partial charge on any atom is 0.407 e. The second-order valence-corrected chi connectivity index (χ2v) is 6.83. The van der Waals surface area contributed by atoms with Crippen molar-refractivity contribution in [2.45, 2.75) is 32.7 Å². The molecule has 0 aliphatic rings. The summed E-state index contributed by atoms with van der Waals surface area (Å²) in [6.45, 7) is 3.61. The Bertz CT molecular complexity index is 941. The van der Waals surface area contributed by atoms with E-state index in [1.54, 1.807) is 6.33 Å². The number of unbranched alkanes of at least 4 members (excludes halogenated alkanes) is 1. The zero-order chi connectivity index (χ0) is 19.9. The summed E-state index contributed by atoms with van der Waals surface area (Å²) < 4.78 is 7.06. The molecule has 0 bridgehead atoms. The highest BCUT2D eigenvalue weighted by Gasteiger charge is 2.10. The smallest absolute Gasteiger partial charge is 0.407 e. The number of alkyl carbamates (subject to hydrolysis) is 1. The lowest BCUT2D eigenvalue weighted by Gasteiger charge is -2.08. The van der Waals surface area contributed by atoms with Gasteiger partial charge in [0.05, 0.1) is 12.9 Å². The van der Waals surface area contributed by atoms with Gasteiger partial charge in [0.25, 0.3) is 0 Å². The minimum atomic E-state index is -0.396. The monoisotopic (exact) mass is 402 g/mol. The number of rotatable bonds is 8. The predicted molar refractivity (Wildman–Crippen MR) is 108 cm³/mol. The topological polar surface area (TPSA) is 108 Å². The zero-order valence-electron chi connectivity index (χ0n) is 15.7. The number of anilines is 1. The number of nitrogen functional groups attached to an aromatic ring is 1. The van der Waals surface area contributed by atoms with Crippen LogP contribution in [0.25, 0.3) is 11.2 Å². The van der Waals surface area contributed by atoms with E-state index in [2.05, 4.69) is 44.5 Å². The van der Waals surface area contributed by atoms with Crippen molar-refractivity contribution in [3.8, 4) is 0 Å². The molecule has 0 saturated carbocycles. The summed E-state index contributed by atoms with van der Waals surface area (Å²) in [7, 11) is 0. The first-order chi connectivity index (χ1) is 13.5. The number of nitrogens with one attached hydrogen (secondary N) is 1. The van der Waals surface area contributed by atoms with E-state index in [1.807, 2.05) is 11.5 Å². The first-order valence-corrected chi connectivity index (χ1v) is 9.51. The molecular formula is C19H23ClN6O2. The minimum Gasteiger partial charge on any atom is -0.450 e. The van der Waals surface area contributed by atoms with Crippen LogP contribution in [0, 0.1) is 6.92 Å². The Kier molecular flexibility index (Phi) is 6.65. The molecule has 28 heavy (non-hydrogen) atoms. The lowest BCUT2D eigenvalue weighted by molar-refractivity contribution is 0.144. The summed E-state index contributed by atoms with van der Waals surface area (Å²) in [5.41, 5.74) is 9.33. The van der Waals surface area contributed by atoms with Gasteiger partial charge in [0.15, 0.2) is 11.5 Å². The zero-order valence-corrected chi connectivity index (χ0v) is 16.4. The molecule has 2 aromatic heterocycles. The van der Waals surface area contributed by atoms with Gasteiger partial charge in [-0.25, -0.2) is 9.78 Å². The first-order valence-electron chi connectivity index (χ1n) is 9.13. The fraction of sp³-hybridized carbons (Fsp3) is 0.368. The summed E-state index contributed by atoms with van der Waals surface area (Å²) in [6, 6.07) is 8.25. The van der Waals surface area contributed by atoms with Gasteiger partial charge >= 0.3 is 6.09 Å². The van der Waals surface area contributed by atoms with Gasteiger partial charge in [-0.3, -0.25) is 0 Å². The fourth-order valence-electron chi connectivity index (χ4n) is 2.77. The van der Waals surface area contributed by atoms with Crippen molar-refractivity contribution in [2.75, 3.05) is 18.9 Å². The molecule has 0 radical (unpaired) electrons. The molecule has 148 valence electrons. The number of carbonyl (C=O) groups excluding carboxylic acids is 1. The van der Waals surface area contributed by atoms with Crippen LogP contribution in [-0.2, 0) is 17.7 Å². The number of fused-ring (bicyclic) bond motifs is 1. The highest BCUT2D eigenvalue weighted by molar-refractivity contribution is 6.28. The van der Waals surface area contributed by atoms with Gasteiger partial charge in [-0.05, 0) is 43.4 Å². The third kappa shape index (κ3) is 5.32. The van der Waals surface area contributed by atoms with Gasteiger partial charge in [0.2, 0.25) is 5.28 Å². The molecule has 0 saturated heterocycles. The third-order valence-electron chi connectivity index (χ3n) is 4.29. The van der Waals surface area contributed by atoms with Crippen LogP contribution in [0.4, 0.5) is 10.6 Å². The lowest BCUT2D eigenvalue weighted by Crippen LogP contribution is -2.26. The van der Waals surface area contributed by atoms with E-state index in [0.717, 1.165) is 19.3 Å². The standard InChI is InChI=1S/C19H23ClN6O2/c1-13-4-6-14(7-5-13)8-9-22-19(27)28-11-3-2-10-26-12-23-15-16(21)24-18(20)25-17(15)26/h4-7,12H,2-3,8-11H2,1H3,(H,22,27)(H2,21,24,25). The summed E-state index contributed by atoms with van der Waals surface area (Å²) in [4.78, 5) is 24.0. The van der Waals surface area contributed by atoms with Crippen molar-refractivity contribution in [3.63, 3.8) is 0 Å². The molecule has 0 spiro atoms. The molecule has 3 rings (SSSR count). The van der Waals surface area contributed by atoms with Gasteiger partial charge in [0, 0.05) is 13.1 Å². The maximum absolute atomic E-state index is 11.7. The van der Waals surface area contributed by atoms with Crippen molar-refractivity contribution < 1.29 is 9.53 Å². The van der Waals surface area contributed by atoms with Crippen LogP contribution in [0.5, 0.6) is 0 Å². The van der Waals surface area contributed by atoms with E-state index in [0.29, 0.717) is 30.9 Å². The number of aromatic nitrogens is 4. The van der Waals surface area contributed by atoms with Crippen LogP contribution < -0.4 is 11.1 Å². The van der Waals surface area contributed by atoms with E-state index in [4.69, 9.17) is 22.1 Å². The quantitative estimate of drug-likeness (QED) is 0.442. The number of aryl methyl sites for hydroxylation is 2. The summed E-state index contributed by atoms with van der Waals surface area (Å²) >= 11 is 5.85. The molecule has 0 fully saturated rings. The fourth-order valence-corrected chi connectivity index (χ4v) is 2.94. The van der Waals surface area contributed by atoms with E-state index in [1.165, 1.54) is 11.1 Å². The number of hydrogen-bond acceptors (Lipinski definition) is 6. The van der Waals surface area contributed by atoms with Gasteiger partial charge in [-0.15, -0.1) is 0 Å². The molecule has 0 unspecified atom stereocenters. The minimum absolute atomic E-state index is 0.0948. The van der Waals surface area contributed by atoms with E-state index in [-0.39, 0.29) is 11.1 Å². The summed E-state index contributed by atoms with van der Waals surface area (Å²) in [5, 5.41) is 2.86. The Morgan fingerprint density at radius 1 is 1.25 bits per heavy atom. The number of halogens is 1. The van der Waals surface area contributed by atoms with Crippen LogP contribution in [-0.4, -0.2) is 38.8 Å². The second-order valence-electron chi connectivity index (χ2n) is 6.49. The van der Waals surface area contributed by atoms with Crippen molar-refractivity contribution in [1.82, 2.24) is 24.8 Å². The molecule has 1 aromatic carbocycles. The number of nitrogens with two attached hydrogens (primary N) is 1. The summed E-state index contributed by atoms with van der Waals surface area (Å²) in [6.07, 6.45) is 3.55. The molecule has 9 heteroatoms. The van der Waals surface area contributed by atoms with Crippen molar-refractivity contribution >= 4 is 34.7 Å². The molecule has 0 aliphatic heterocycles. The normalized spacial score (nSPS) is 10.9. The van der Waals surface area contributed by atoms with E-state index >= 15 is 0 Å².